The van der Waals surface area contributed by atoms with Gasteiger partial charge in [-0.3, -0.25) is 0 Å². The molecule has 5 nitrogen and oxygen atoms in total. The molecule has 0 aliphatic carbocycles. The van der Waals surface area contributed by atoms with Gasteiger partial charge in [0, 0.05) is 12.7 Å². The van der Waals surface area contributed by atoms with E-state index in [9.17, 15) is 8.42 Å². The molecule has 0 saturated carbocycles. The maximum Gasteiger partial charge on any atom is 0.203 e. The van der Waals surface area contributed by atoms with Crippen LogP contribution in [0.2, 0.25) is 0 Å². The van der Waals surface area contributed by atoms with Crippen molar-refractivity contribution < 1.29 is 8.42 Å². The number of aromatic nitrogens is 2. The van der Waals surface area contributed by atoms with Crippen LogP contribution in [0.1, 0.15) is 19.0 Å². The monoisotopic (exact) mass is 269 g/mol. The molecule has 6 heteroatoms. The molecule has 100 valence electrons. The number of sulfone groups is 1. The van der Waals surface area contributed by atoms with E-state index in [2.05, 4.69) is 16.9 Å². The third-order valence-electron chi connectivity index (χ3n) is 3.14. The molecule has 1 aliphatic heterocycles. The average Bonchev–Trinajstić information content (AvgIpc) is 2.69. The zero-order valence-electron chi connectivity index (χ0n) is 10.8. The summed E-state index contributed by atoms with van der Waals surface area (Å²) >= 11 is 0. The fourth-order valence-electron chi connectivity index (χ4n) is 2.30. The molecule has 18 heavy (non-hydrogen) atoms. The molecule has 0 aromatic carbocycles. The summed E-state index contributed by atoms with van der Waals surface area (Å²) < 4.78 is 25.1. The minimum atomic E-state index is -2.91. The molecule has 1 aromatic heterocycles. The van der Waals surface area contributed by atoms with Gasteiger partial charge in [0.25, 0.3) is 0 Å². The predicted octanol–water partition coefficient (Wildman–Crippen LogP) is 1.37. The van der Waals surface area contributed by atoms with Crippen molar-refractivity contribution in [3.05, 3.63) is 24.5 Å². The standard InChI is InChI=1S/C12H19N3O2S/c1-4-6-15-8-10(2)13-11(15)14-12(3)5-7-18(16,17)9-12/h4,8H,1,5-7,9H2,2-3H3,(H,13,14). The van der Waals surface area contributed by atoms with Gasteiger partial charge in [-0.1, -0.05) is 6.08 Å². The molecule has 1 saturated heterocycles. The summed E-state index contributed by atoms with van der Waals surface area (Å²) in [6.45, 7) is 8.21. The number of hydrogen-bond acceptors (Lipinski definition) is 4. The number of aryl methyl sites for hydroxylation is 1. The van der Waals surface area contributed by atoms with Crippen LogP contribution in [-0.2, 0) is 16.4 Å². The molecule has 2 rings (SSSR count). The third-order valence-corrected chi connectivity index (χ3v) is 5.04. The van der Waals surface area contributed by atoms with Gasteiger partial charge in [-0.2, -0.15) is 0 Å². The summed E-state index contributed by atoms with van der Waals surface area (Å²) in [7, 11) is -2.91. The highest BCUT2D eigenvalue weighted by Crippen LogP contribution is 2.27. The van der Waals surface area contributed by atoms with Gasteiger partial charge in [-0.05, 0) is 20.3 Å². The largest absolute Gasteiger partial charge is 0.349 e. The number of hydrogen-bond donors (Lipinski definition) is 1. The van der Waals surface area contributed by atoms with Gasteiger partial charge in [0.2, 0.25) is 5.95 Å². The van der Waals surface area contributed by atoms with E-state index in [1.165, 1.54) is 0 Å². The quantitative estimate of drug-likeness (QED) is 0.838. The van der Waals surface area contributed by atoms with Crippen LogP contribution < -0.4 is 5.32 Å². The highest BCUT2D eigenvalue weighted by atomic mass is 32.2. The van der Waals surface area contributed by atoms with Crippen LogP contribution in [-0.4, -0.2) is 35.0 Å². The Kier molecular flexibility index (Phi) is 3.23. The molecule has 1 N–H and O–H groups in total. The fourth-order valence-corrected chi connectivity index (χ4v) is 4.40. The Bertz CT molecular complexity index is 562. The van der Waals surface area contributed by atoms with Crippen LogP contribution in [0, 0.1) is 6.92 Å². The first kappa shape index (κ1) is 13.1. The van der Waals surface area contributed by atoms with Crippen molar-refractivity contribution in [3.8, 4) is 0 Å². The Hall–Kier alpha value is -1.30. The minimum absolute atomic E-state index is 0.167. The lowest BCUT2D eigenvalue weighted by Gasteiger charge is -2.24. The number of nitrogens with one attached hydrogen (secondary N) is 1. The summed E-state index contributed by atoms with van der Waals surface area (Å²) in [5.41, 5.74) is 0.485. The van der Waals surface area contributed by atoms with Crippen LogP contribution >= 0.6 is 0 Å². The van der Waals surface area contributed by atoms with Crippen molar-refractivity contribution in [3.63, 3.8) is 0 Å². The highest BCUT2D eigenvalue weighted by Gasteiger charge is 2.39. The van der Waals surface area contributed by atoms with E-state index in [0.717, 1.165) is 5.69 Å². The molecule has 0 radical (unpaired) electrons. The molecule has 1 unspecified atom stereocenters. The number of allylic oxidation sites excluding steroid dienone is 1. The zero-order chi connectivity index (χ0) is 13.4. The van der Waals surface area contributed by atoms with Crippen molar-refractivity contribution in [2.75, 3.05) is 16.8 Å². The molecule has 2 heterocycles. The first-order valence-electron chi connectivity index (χ1n) is 5.97. The summed E-state index contributed by atoms with van der Waals surface area (Å²) in [6, 6.07) is 0. The van der Waals surface area contributed by atoms with Crippen molar-refractivity contribution in [1.82, 2.24) is 9.55 Å². The molecule has 1 atom stereocenters. The molecule has 1 aliphatic rings. The molecule has 1 fully saturated rings. The van der Waals surface area contributed by atoms with Crippen molar-refractivity contribution in [1.29, 1.82) is 0 Å². The van der Waals surface area contributed by atoms with Gasteiger partial charge in [0.15, 0.2) is 9.84 Å². The lowest BCUT2D eigenvalue weighted by molar-refractivity contribution is 0.564. The van der Waals surface area contributed by atoms with Crippen LogP contribution in [0.25, 0.3) is 0 Å². The van der Waals surface area contributed by atoms with E-state index in [0.29, 0.717) is 18.9 Å². The molecule has 1 aromatic rings. The van der Waals surface area contributed by atoms with Crippen molar-refractivity contribution in [2.45, 2.75) is 32.4 Å². The van der Waals surface area contributed by atoms with E-state index in [4.69, 9.17) is 0 Å². The van der Waals surface area contributed by atoms with Crippen LogP contribution in [0.3, 0.4) is 0 Å². The van der Waals surface area contributed by atoms with E-state index in [-0.39, 0.29) is 11.5 Å². The Balaban J connectivity index is 2.21. The Morgan fingerprint density at radius 3 is 2.94 bits per heavy atom. The Morgan fingerprint density at radius 1 is 1.67 bits per heavy atom. The fraction of sp³-hybridized carbons (Fsp3) is 0.583. The van der Waals surface area contributed by atoms with Gasteiger partial charge in [0.05, 0.1) is 22.7 Å². The van der Waals surface area contributed by atoms with Gasteiger partial charge in [-0.15, -0.1) is 6.58 Å². The normalized spacial score (nSPS) is 26.1. The topological polar surface area (TPSA) is 64.0 Å². The molecular formula is C12H19N3O2S. The summed E-state index contributed by atoms with van der Waals surface area (Å²) in [4.78, 5) is 4.39. The Labute approximate surface area is 108 Å². The highest BCUT2D eigenvalue weighted by molar-refractivity contribution is 7.91. The molecular weight excluding hydrogens is 250 g/mol. The van der Waals surface area contributed by atoms with Crippen molar-refractivity contribution >= 4 is 15.8 Å². The first-order valence-corrected chi connectivity index (χ1v) is 7.79. The zero-order valence-corrected chi connectivity index (χ0v) is 11.6. The maximum atomic E-state index is 11.6. The second-order valence-electron chi connectivity index (χ2n) is 5.17. The van der Waals surface area contributed by atoms with Crippen molar-refractivity contribution in [2.24, 2.45) is 0 Å². The lowest BCUT2D eigenvalue weighted by Crippen LogP contribution is -2.37. The van der Waals surface area contributed by atoms with Gasteiger partial charge in [0.1, 0.15) is 0 Å². The minimum Gasteiger partial charge on any atom is -0.349 e. The van der Waals surface area contributed by atoms with E-state index >= 15 is 0 Å². The number of anilines is 1. The summed E-state index contributed by atoms with van der Waals surface area (Å²) in [6.07, 6.45) is 4.34. The third kappa shape index (κ3) is 2.75. The lowest BCUT2D eigenvalue weighted by atomic mass is 10.0. The maximum absolute atomic E-state index is 11.6. The summed E-state index contributed by atoms with van der Waals surface area (Å²) in [5, 5.41) is 3.27. The second-order valence-corrected chi connectivity index (χ2v) is 7.36. The SMILES string of the molecule is C=CCn1cc(C)nc1NC1(C)CCS(=O)(=O)C1. The smallest absolute Gasteiger partial charge is 0.203 e. The van der Waals surface area contributed by atoms with Crippen LogP contribution in [0.5, 0.6) is 0 Å². The van der Waals surface area contributed by atoms with E-state index in [1.54, 1.807) is 6.08 Å². The van der Waals surface area contributed by atoms with Crippen LogP contribution in [0.15, 0.2) is 18.9 Å². The van der Waals surface area contributed by atoms with Crippen LogP contribution in [0.4, 0.5) is 5.95 Å². The summed E-state index contributed by atoms with van der Waals surface area (Å²) in [5.74, 6) is 1.13. The van der Waals surface area contributed by atoms with E-state index in [1.807, 2.05) is 24.6 Å². The predicted molar refractivity (Wildman–Crippen MR) is 72.5 cm³/mol. The van der Waals surface area contributed by atoms with E-state index < -0.39 is 15.4 Å². The van der Waals surface area contributed by atoms with Gasteiger partial charge < -0.3 is 9.88 Å². The van der Waals surface area contributed by atoms with Gasteiger partial charge in [-0.25, -0.2) is 13.4 Å². The van der Waals surface area contributed by atoms with Gasteiger partial charge >= 0.3 is 0 Å². The first-order chi connectivity index (χ1) is 8.34. The number of imidazole rings is 1. The second kappa shape index (κ2) is 4.42. The number of rotatable bonds is 4. The average molecular weight is 269 g/mol. The molecule has 0 amide bonds. The molecule has 0 bridgehead atoms. The molecule has 0 spiro atoms. The Morgan fingerprint density at radius 2 is 2.39 bits per heavy atom. The number of nitrogens with zero attached hydrogens (tertiary/aromatic N) is 2.